The fraction of sp³-hybridized carbons (Fsp3) is 0.294. The summed E-state index contributed by atoms with van der Waals surface area (Å²) in [5, 5.41) is 19.5. The van der Waals surface area contributed by atoms with Crippen LogP contribution in [0.3, 0.4) is 0 Å². The van der Waals surface area contributed by atoms with E-state index in [9.17, 15) is 10.1 Å². The molecule has 128 valence electrons. The van der Waals surface area contributed by atoms with Crippen molar-refractivity contribution in [2.45, 2.75) is 6.17 Å². The second-order valence-electron chi connectivity index (χ2n) is 5.89. The van der Waals surface area contributed by atoms with Gasteiger partial charge in [-0.25, -0.2) is 4.68 Å². The summed E-state index contributed by atoms with van der Waals surface area (Å²) in [7, 11) is 0. The molecule has 8 nitrogen and oxygen atoms in total. The first kappa shape index (κ1) is 15.7. The molecule has 2 heterocycles. The normalized spacial score (nSPS) is 16.8. The second-order valence-corrected chi connectivity index (χ2v) is 5.89. The van der Waals surface area contributed by atoms with Gasteiger partial charge in [0.15, 0.2) is 0 Å². The number of hydrogen-bond acceptors (Lipinski definition) is 6. The molecule has 1 unspecified atom stereocenters. The molecule has 1 aromatic heterocycles. The maximum absolute atomic E-state index is 10.9. The van der Waals surface area contributed by atoms with Gasteiger partial charge in [-0.1, -0.05) is 17.3 Å². The van der Waals surface area contributed by atoms with Gasteiger partial charge < -0.3 is 4.74 Å². The lowest BCUT2D eigenvalue weighted by atomic mass is 10.1. The fourth-order valence-corrected chi connectivity index (χ4v) is 3.16. The maximum Gasteiger partial charge on any atom is 0.269 e. The van der Waals surface area contributed by atoms with Crippen LogP contribution in [0.4, 0.5) is 5.69 Å². The van der Waals surface area contributed by atoms with E-state index in [0.29, 0.717) is 13.2 Å². The predicted octanol–water partition coefficient (Wildman–Crippen LogP) is 2.22. The number of morpholine rings is 1. The minimum Gasteiger partial charge on any atom is -0.379 e. The number of para-hydroxylation sites is 1. The second kappa shape index (κ2) is 6.58. The molecule has 0 radical (unpaired) electrons. The Hall–Kier alpha value is -2.84. The van der Waals surface area contributed by atoms with Crippen molar-refractivity contribution in [1.29, 1.82) is 0 Å². The lowest BCUT2D eigenvalue weighted by molar-refractivity contribution is -0.384. The Morgan fingerprint density at radius 1 is 1.08 bits per heavy atom. The summed E-state index contributed by atoms with van der Waals surface area (Å²) in [4.78, 5) is 12.8. The Labute approximate surface area is 143 Å². The van der Waals surface area contributed by atoms with E-state index in [2.05, 4.69) is 15.2 Å². The SMILES string of the molecule is O=[N+]([O-])c1ccc(C(N2CCOCC2)n2nnc3ccccc32)cc1. The average Bonchev–Trinajstić information content (AvgIpc) is 3.07. The third-order valence-corrected chi connectivity index (χ3v) is 4.40. The number of nitrogens with zero attached hydrogens (tertiary/aromatic N) is 5. The largest absolute Gasteiger partial charge is 0.379 e. The monoisotopic (exact) mass is 339 g/mol. The van der Waals surface area contributed by atoms with Crippen molar-refractivity contribution in [3.63, 3.8) is 0 Å². The van der Waals surface area contributed by atoms with Crippen LogP contribution in [0, 0.1) is 10.1 Å². The Morgan fingerprint density at radius 3 is 2.52 bits per heavy atom. The van der Waals surface area contributed by atoms with Gasteiger partial charge >= 0.3 is 0 Å². The van der Waals surface area contributed by atoms with Crippen LogP contribution >= 0.6 is 0 Å². The highest BCUT2D eigenvalue weighted by molar-refractivity contribution is 5.74. The molecule has 4 rings (SSSR count). The van der Waals surface area contributed by atoms with Gasteiger partial charge in [0, 0.05) is 25.2 Å². The zero-order valence-electron chi connectivity index (χ0n) is 13.5. The first-order chi connectivity index (χ1) is 12.2. The minimum atomic E-state index is -0.390. The molecule has 0 bridgehead atoms. The summed E-state index contributed by atoms with van der Waals surface area (Å²) in [6, 6.07) is 14.4. The molecule has 1 fully saturated rings. The molecule has 2 aromatic carbocycles. The molecule has 3 aromatic rings. The van der Waals surface area contributed by atoms with Gasteiger partial charge in [-0.15, -0.1) is 5.10 Å². The number of nitro benzene ring substituents is 1. The van der Waals surface area contributed by atoms with E-state index in [4.69, 9.17) is 4.74 Å². The average molecular weight is 339 g/mol. The first-order valence-corrected chi connectivity index (χ1v) is 8.10. The van der Waals surface area contributed by atoms with E-state index in [1.54, 1.807) is 12.1 Å². The van der Waals surface area contributed by atoms with Gasteiger partial charge in [0.05, 0.1) is 23.7 Å². The highest BCUT2D eigenvalue weighted by Gasteiger charge is 2.27. The molecule has 0 aliphatic carbocycles. The Balaban J connectivity index is 1.80. The van der Waals surface area contributed by atoms with Crippen LogP contribution in [0.25, 0.3) is 11.0 Å². The molecule has 1 aliphatic rings. The zero-order chi connectivity index (χ0) is 17.2. The van der Waals surface area contributed by atoms with Gasteiger partial charge in [-0.2, -0.15) is 0 Å². The quantitative estimate of drug-likeness (QED) is 0.535. The van der Waals surface area contributed by atoms with Crippen molar-refractivity contribution in [2.75, 3.05) is 26.3 Å². The molecule has 1 aliphatic heterocycles. The minimum absolute atomic E-state index is 0.0768. The highest BCUT2D eigenvalue weighted by Crippen LogP contribution is 2.28. The van der Waals surface area contributed by atoms with Crippen LogP contribution in [0.15, 0.2) is 48.5 Å². The highest BCUT2D eigenvalue weighted by atomic mass is 16.6. The summed E-state index contributed by atoms with van der Waals surface area (Å²) < 4.78 is 7.34. The molecule has 1 saturated heterocycles. The summed E-state index contributed by atoms with van der Waals surface area (Å²) in [6.45, 7) is 2.82. The van der Waals surface area contributed by atoms with E-state index < -0.39 is 4.92 Å². The van der Waals surface area contributed by atoms with Gasteiger partial charge in [0.25, 0.3) is 5.69 Å². The van der Waals surface area contributed by atoms with Crippen LogP contribution in [-0.2, 0) is 4.74 Å². The summed E-state index contributed by atoms with van der Waals surface area (Å²) >= 11 is 0. The van der Waals surface area contributed by atoms with Crippen molar-refractivity contribution in [2.24, 2.45) is 0 Å². The van der Waals surface area contributed by atoms with Crippen LogP contribution in [-0.4, -0.2) is 51.1 Å². The Kier molecular flexibility index (Phi) is 4.12. The fourth-order valence-electron chi connectivity index (χ4n) is 3.16. The van der Waals surface area contributed by atoms with Gasteiger partial charge in [0.1, 0.15) is 11.7 Å². The van der Waals surface area contributed by atoms with Crippen LogP contribution < -0.4 is 0 Å². The van der Waals surface area contributed by atoms with Crippen molar-refractivity contribution >= 4 is 16.7 Å². The Morgan fingerprint density at radius 2 is 1.80 bits per heavy atom. The van der Waals surface area contributed by atoms with Crippen molar-refractivity contribution in [3.05, 3.63) is 64.2 Å². The van der Waals surface area contributed by atoms with Gasteiger partial charge in [-0.05, 0) is 29.8 Å². The standard InChI is InChI=1S/C17H17N5O3/c23-22(24)14-7-5-13(6-8-14)17(20-9-11-25-12-10-20)21-16-4-2-1-3-15(16)18-19-21/h1-8,17H,9-12H2. The molecule has 1 atom stereocenters. The number of nitro groups is 1. The van der Waals surface area contributed by atoms with E-state index >= 15 is 0 Å². The van der Waals surface area contributed by atoms with Gasteiger partial charge in [0.2, 0.25) is 0 Å². The number of ether oxygens (including phenoxy) is 1. The summed E-state index contributed by atoms with van der Waals surface area (Å²) in [6.07, 6.45) is -0.183. The van der Waals surface area contributed by atoms with Crippen molar-refractivity contribution in [1.82, 2.24) is 19.9 Å². The summed E-state index contributed by atoms with van der Waals surface area (Å²) in [5.41, 5.74) is 2.76. The molecule has 8 heteroatoms. The number of fused-ring (bicyclic) bond motifs is 1. The molecule has 0 spiro atoms. The topological polar surface area (TPSA) is 86.3 Å². The predicted molar refractivity (Wildman–Crippen MR) is 91.2 cm³/mol. The third kappa shape index (κ3) is 2.97. The lowest BCUT2D eigenvalue weighted by Crippen LogP contribution is -2.42. The molecule has 0 amide bonds. The molecule has 25 heavy (non-hydrogen) atoms. The van der Waals surface area contributed by atoms with Crippen LogP contribution in [0.5, 0.6) is 0 Å². The number of benzene rings is 2. The van der Waals surface area contributed by atoms with E-state index in [1.807, 2.05) is 28.9 Å². The lowest BCUT2D eigenvalue weighted by Gasteiger charge is -2.34. The number of non-ortho nitro benzene ring substituents is 1. The first-order valence-electron chi connectivity index (χ1n) is 8.10. The van der Waals surface area contributed by atoms with E-state index in [0.717, 1.165) is 29.7 Å². The number of aromatic nitrogens is 3. The van der Waals surface area contributed by atoms with Crippen molar-refractivity contribution < 1.29 is 9.66 Å². The number of rotatable bonds is 4. The zero-order valence-corrected chi connectivity index (χ0v) is 13.5. The maximum atomic E-state index is 10.9. The molecular formula is C17H17N5O3. The van der Waals surface area contributed by atoms with Crippen LogP contribution in [0.2, 0.25) is 0 Å². The van der Waals surface area contributed by atoms with Crippen LogP contribution in [0.1, 0.15) is 11.7 Å². The number of hydrogen-bond donors (Lipinski definition) is 0. The molecular weight excluding hydrogens is 322 g/mol. The Bertz CT molecular complexity index is 887. The molecule has 0 saturated carbocycles. The molecule has 0 N–H and O–H groups in total. The van der Waals surface area contributed by atoms with Crippen molar-refractivity contribution in [3.8, 4) is 0 Å². The third-order valence-electron chi connectivity index (χ3n) is 4.40. The smallest absolute Gasteiger partial charge is 0.269 e. The van der Waals surface area contributed by atoms with E-state index in [1.165, 1.54) is 12.1 Å². The van der Waals surface area contributed by atoms with Gasteiger partial charge in [-0.3, -0.25) is 15.0 Å². The van der Waals surface area contributed by atoms with E-state index in [-0.39, 0.29) is 11.9 Å². The summed E-state index contributed by atoms with van der Waals surface area (Å²) in [5.74, 6) is 0.